The summed E-state index contributed by atoms with van der Waals surface area (Å²) >= 11 is 0. The molecular formula is C19H19N7O. The van der Waals surface area contributed by atoms with Gasteiger partial charge in [-0.1, -0.05) is 18.2 Å². The predicted molar refractivity (Wildman–Crippen MR) is 102 cm³/mol. The number of carbonyl (C=O) groups is 1. The minimum atomic E-state index is -0.570. The first kappa shape index (κ1) is 17.9. The Labute approximate surface area is 156 Å². The maximum Gasteiger partial charge on any atom is 0.267 e. The standard InChI is InChI=1S/C19H19N7O/c20-12-15-16(25-26(18(15)21)14-5-2-1-3-6-14)7-4-9-23-13-8-10-24-17(11-13)19(22)27/h1-3,5-6,8,10-11H,4,7,9,21H2,(H2,22,27)(H,23,24). The van der Waals surface area contributed by atoms with E-state index in [4.69, 9.17) is 11.5 Å². The van der Waals surface area contributed by atoms with Crippen molar-refractivity contribution in [3.05, 3.63) is 65.6 Å². The molecule has 0 fully saturated rings. The van der Waals surface area contributed by atoms with Gasteiger partial charge < -0.3 is 16.8 Å². The van der Waals surface area contributed by atoms with Gasteiger partial charge in [0, 0.05) is 18.4 Å². The zero-order valence-electron chi connectivity index (χ0n) is 14.6. The number of carbonyl (C=O) groups excluding carboxylic acids is 1. The second kappa shape index (κ2) is 8.01. The van der Waals surface area contributed by atoms with E-state index in [1.165, 1.54) is 6.20 Å². The van der Waals surface area contributed by atoms with E-state index in [0.717, 1.165) is 17.8 Å². The van der Waals surface area contributed by atoms with Crippen LogP contribution in [0.2, 0.25) is 0 Å². The van der Waals surface area contributed by atoms with Gasteiger partial charge in [-0.25, -0.2) is 4.68 Å². The van der Waals surface area contributed by atoms with Crippen molar-refractivity contribution in [3.63, 3.8) is 0 Å². The summed E-state index contributed by atoms with van der Waals surface area (Å²) in [7, 11) is 0. The molecule has 8 nitrogen and oxygen atoms in total. The summed E-state index contributed by atoms with van der Waals surface area (Å²) in [5.41, 5.74) is 14.2. The molecule has 3 aromatic rings. The van der Waals surface area contributed by atoms with E-state index in [-0.39, 0.29) is 5.69 Å². The normalized spacial score (nSPS) is 10.3. The number of hydrogen-bond acceptors (Lipinski definition) is 6. The van der Waals surface area contributed by atoms with Crippen LogP contribution in [0, 0.1) is 11.3 Å². The summed E-state index contributed by atoms with van der Waals surface area (Å²) in [6, 6.07) is 15.0. The Morgan fingerprint density at radius 3 is 2.74 bits per heavy atom. The molecule has 0 spiro atoms. The molecule has 0 aliphatic carbocycles. The molecule has 0 aliphatic rings. The number of para-hydroxylation sites is 1. The highest BCUT2D eigenvalue weighted by molar-refractivity contribution is 5.91. The number of amides is 1. The van der Waals surface area contributed by atoms with E-state index in [9.17, 15) is 10.1 Å². The molecule has 0 saturated heterocycles. The number of anilines is 2. The number of rotatable bonds is 7. The van der Waals surface area contributed by atoms with Gasteiger partial charge >= 0.3 is 0 Å². The van der Waals surface area contributed by atoms with Gasteiger partial charge in [-0.2, -0.15) is 10.4 Å². The molecule has 0 aliphatic heterocycles. The van der Waals surface area contributed by atoms with Crippen molar-refractivity contribution in [1.29, 1.82) is 5.26 Å². The van der Waals surface area contributed by atoms with E-state index >= 15 is 0 Å². The zero-order valence-corrected chi connectivity index (χ0v) is 14.6. The molecule has 0 unspecified atom stereocenters. The monoisotopic (exact) mass is 361 g/mol. The molecule has 136 valence electrons. The van der Waals surface area contributed by atoms with Gasteiger partial charge in [-0.05, 0) is 37.1 Å². The first-order valence-corrected chi connectivity index (χ1v) is 8.42. The minimum Gasteiger partial charge on any atom is -0.385 e. The Morgan fingerprint density at radius 1 is 1.26 bits per heavy atom. The van der Waals surface area contributed by atoms with Gasteiger partial charge in [0.05, 0.1) is 11.4 Å². The lowest BCUT2D eigenvalue weighted by atomic mass is 10.1. The lowest BCUT2D eigenvalue weighted by Crippen LogP contribution is -2.13. The number of aryl methyl sites for hydroxylation is 1. The van der Waals surface area contributed by atoms with Crippen LogP contribution in [0.5, 0.6) is 0 Å². The SMILES string of the molecule is N#Cc1c(CCCNc2ccnc(C(N)=O)c2)nn(-c2ccccc2)c1N. The third-order valence-corrected chi connectivity index (χ3v) is 4.04. The lowest BCUT2D eigenvalue weighted by Gasteiger charge is -2.06. The quantitative estimate of drug-likeness (QED) is 0.550. The van der Waals surface area contributed by atoms with Gasteiger partial charge in [0.15, 0.2) is 0 Å². The largest absolute Gasteiger partial charge is 0.385 e. The minimum absolute atomic E-state index is 0.209. The first-order valence-electron chi connectivity index (χ1n) is 8.42. The van der Waals surface area contributed by atoms with Crippen LogP contribution in [0.25, 0.3) is 5.69 Å². The number of nitrogen functional groups attached to an aromatic ring is 1. The number of nitrogens with zero attached hydrogens (tertiary/aromatic N) is 4. The summed E-state index contributed by atoms with van der Waals surface area (Å²) in [6.07, 6.45) is 2.85. The van der Waals surface area contributed by atoms with Crippen LogP contribution in [0.3, 0.4) is 0 Å². The molecule has 1 amide bonds. The Morgan fingerprint density at radius 2 is 2.04 bits per heavy atom. The van der Waals surface area contributed by atoms with Gasteiger partial charge in [-0.15, -0.1) is 0 Å². The van der Waals surface area contributed by atoms with E-state index in [0.29, 0.717) is 30.0 Å². The van der Waals surface area contributed by atoms with Gasteiger partial charge in [0.2, 0.25) is 0 Å². The van der Waals surface area contributed by atoms with Crippen molar-refractivity contribution in [3.8, 4) is 11.8 Å². The average molecular weight is 361 g/mol. The Kier molecular flexibility index (Phi) is 5.33. The van der Waals surface area contributed by atoms with Crippen LogP contribution in [0.15, 0.2) is 48.7 Å². The van der Waals surface area contributed by atoms with E-state index in [1.54, 1.807) is 16.8 Å². The predicted octanol–water partition coefficient (Wildman–Crippen LogP) is 1.86. The number of nitrogens with one attached hydrogen (secondary N) is 1. The molecule has 8 heteroatoms. The molecule has 2 heterocycles. The van der Waals surface area contributed by atoms with Crippen LogP contribution in [-0.4, -0.2) is 27.2 Å². The highest BCUT2D eigenvalue weighted by Gasteiger charge is 2.16. The third kappa shape index (κ3) is 4.04. The fraction of sp³-hybridized carbons (Fsp3) is 0.158. The molecule has 3 rings (SSSR count). The van der Waals surface area contributed by atoms with Crippen LogP contribution in [-0.2, 0) is 6.42 Å². The smallest absolute Gasteiger partial charge is 0.267 e. The Bertz CT molecular complexity index is 989. The van der Waals surface area contributed by atoms with Crippen molar-refractivity contribution in [1.82, 2.24) is 14.8 Å². The van der Waals surface area contributed by atoms with Crippen LogP contribution in [0.1, 0.15) is 28.2 Å². The zero-order chi connectivity index (χ0) is 19.2. The highest BCUT2D eigenvalue weighted by Crippen LogP contribution is 2.21. The first-order chi connectivity index (χ1) is 13.1. The molecule has 5 N–H and O–H groups in total. The van der Waals surface area contributed by atoms with Gasteiger partial charge in [0.1, 0.15) is 23.1 Å². The van der Waals surface area contributed by atoms with Gasteiger partial charge in [0.25, 0.3) is 5.91 Å². The number of benzene rings is 1. The molecule has 27 heavy (non-hydrogen) atoms. The lowest BCUT2D eigenvalue weighted by molar-refractivity contribution is 0.0995. The topological polar surface area (TPSA) is 136 Å². The number of aromatic nitrogens is 3. The van der Waals surface area contributed by atoms with Crippen molar-refractivity contribution in [2.75, 3.05) is 17.6 Å². The Balaban J connectivity index is 1.66. The fourth-order valence-corrected chi connectivity index (χ4v) is 2.70. The van der Waals surface area contributed by atoms with Crippen molar-refractivity contribution >= 4 is 17.4 Å². The molecular weight excluding hydrogens is 342 g/mol. The molecule has 2 aromatic heterocycles. The summed E-state index contributed by atoms with van der Waals surface area (Å²) < 4.78 is 1.59. The second-order valence-electron chi connectivity index (χ2n) is 5.89. The van der Waals surface area contributed by atoms with E-state index < -0.39 is 5.91 Å². The van der Waals surface area contributed by atoms with Crippen molar-refractivity contribution in [2.24, 2.45) is 5.73 Å². The summed E-state index contributed by atoms with van der Waals surface area (Å²) in [5, 5.41) is 17.1. The number of nitriles is 1. The van der Waals surface area contributed by atoms with Crippen molar-refractivity contribution in [2.45, 2.75) is 12.8 Å². The summed E-state index contributed by atoms with van der Waals surface area (Å²) in [4.78, 5) is 15.1. The molecule has 0 saturated carbocycles. The third-order valence-electron chi connectivity index (χ3n) is 4.04. The van der Waals surface area contributed by atoms with Crippen LogP contribution < -0.4 is 16.8 Å². The van der Waals surface area contributed by atoms with Crippen LogP contribution >= 0.6 is 0 Å². The maximum absolute atomic E-state index is 11.2. The molecule has 0 atom stereocenters. The summed E-state index contributed by atoms with van der Waals surface area (Å²) in [5.74, 6) is -0.230. The number of primary amides is 1. The molecule has 0 radical (unpaired) electrons. The fourth-order valence-electron chi connectivity index (χ4n) is 2.70. The summed E-state index contributed by atoms with van der Waals surface area (Å²) in [6.45, 7) is 0.630. The van der Waals surface area contributed by atoms with Crippen LogP contribution in [0.4, 0.5) is 11.5 Å². The number of pyridine rings is 1. The Hall–Kier alpha value is -3.86. The molecule has 1 aromatic carbocycles. The maximum atomic E-state index is 11.2. The van der Waals surface area contributed by atoms with Gasteiger partial charge in [-0.3, -0.25) is 9.78 Å². The second-order valence-corrected chi connectivity index (χ2v) is 5.89. The van der Waals surface area contributed by atoms with E-state index in [2.05, 4.69) is 21.5 Å². The molecule has 0 bridgehead atoms. The van der Waals surface area contributed by atoms with E-state index in [1.807, 2.05) is 30.3 Å². The number of nitrogens with two attached hydrogens (primary N) is 2. The van der Waals surface area contributed by atoms with Crippen molar-refractivity contribution < 1.29 is 4.79 Å². The average Bonchev–Trinajstić information content (AvgIpc) is 3.01. The highest BCUT2D eigenvalue weighted by atomic mass is 16.1. The number of hydrogen-bond donors (Lipinski definition) is 3.